The number of Topliss-reactive ketones (excluding diaryl/α,β-unsaturated/α-hetero) is 1. The highest BCUT2D eigenvalue weighted by Crippen LogP contribution is 2.33. The minimum atomic E-state index is 0.124. The van der Waals surface area contributed by atoms with Gasteiger partial charge >= 0.3 is 0 Å². The van der Waals surface area contributed by atoms with Gasteiger partial charge in [0.25, 0.3) is 0 Å². The summed E-state index contributed by atoms with van der Waals surface area (Å²) in [6.07, 6.45) is 0.398. The van der Waals surface area contributed by atoms with Crippen LogP contribution >= 0.6 is 0 Å². The number of rotatable bonds is 4. The van der Waals surface area contributed by atoms with Crippen LogP contribution in [0.1, 0.15) is 18.1 Å². The molecule has 92 valence electrons. The molecule has 0 bridgehead atoms. The lowest BCUT2D eigenvalue weighted by molar-refractivity contribution is -0.116. The monoisotopic (exact) mass is 236 g/mol. The molecule has 1 aliphatic heterocycles. The van der Waals surface area contributed by atoms with Crippen LogP contribution in [0.25, 0.3) is 0 Å². The minimum absolute atomic E-state index is 0.124. The van der Waals surface area contributed by atoms with Crippen LogP contribution in [0.3, 0.4) is 0 Å². The maximum atomic E-state index is 11.2. The van der Waals surface area contributed by atoms with Crippen LogP contribution in [-0.2, 0) is 22.6 Å². The van der Waals surface area contributed by atoms with E-state index >= 15 is 0 Å². The summed E-state index contributed by atoms with van der Waals surface area (Å²) in [4.78, 5) is 11.2. The molecule has 1 aliphatic rings. The fraction of sp³-hybridized carbons (Fsp3) is 0.462. The van der Waals surface area contributed by atoms with E-state index in [0.29, 0.717) is 32.0 Å². The first-order valence-electron chi connectivity index (χ1n) is 5.60. The summed E-state index contributed by atoms with van der Waals surface area (Å²) < 4.78 is 16.1. The Morgan fingerprint density at radius 3 is 2.35 bits per heavy atom. The molecule has 0 spiro atoms. The summed E-state index contributed by atoms with van der Waals surface area (Å²) in [5, 5.41) is 0. The fourth-order valence-electron chi connectivity index (χ4n) is 1.90. The van der Waals surface area contributed by atoms with Gasteiger partial charge in [0.1, 0.15) is 19.0 Å². The topological polar surface area (TPSA) is 44.8 Å². The Kier molecular flexibility index (Phi) is 3.64. The summed E-state index contributed by atoms with van der Waals surface area (Å²) in [5.74, 6) is 1.57. The zero-order valence-electron chi connectivity index (χ0n) is 10.1. The van der Waals surface area contributed by atoms with Gasteiger partial charge in [-0.05, 0) is 30.2 Å². The molecule has 2 rings (SSSR count). The third-order valence-electron chi connectivity index (χ3n) is 2.60. The average Bonchev–Trinajstić information content (AvgIpc) is 2.29. The molecular formula is C13H16O4. The maximum Gasteiger partial charge on any atom is 0.161 e. The molecule has 0 aromatic heterocycles. The Bertz CT molecular complexity index is 426. The highest BCUT2D eigenvalue weighted by Gasteiger charge is 2.16. The second-order valence-corrected chi connectivity index (χ2v) is 4.08. The lowest BCUT2D eigenvalue weighted by Crippen LogP contribution is -2.16. The van der Waals surface area contributed by atoms with E-state index in [9.17, 15) is 4.79 Å². The van der Waals surface area contributed by atoms with E-state index in [0.717, 1.165) is 16.9 Å². The largest absolute Gasteiger partial charge is 0.486 e. The molecule has 0 fully saturated rings. The van der Waals surface area contributed by atoms with E-state index in [1.165, 1.54) is 0 Å². The molecule has 0 saturated carbocycles. The summed E-state index contributed by atoms with van der Waals surface area (Å²) in [7, 11) is 1.63. The van der Waals surface area contributed by atoms with E-state index < -0.39 is 0 Å². The van der Waals surface area contributed by atoms with E-state index in [4.69, 9.17) is 14.2 Å². The van der Waals surface area contributed by atoms with Gasteiger partial charge in [0.15, 0.2) is 11.5 Å². The molecule has 4 heteroatoms. The van der Waals surface area contributed by atoms with Crippen LogP contribution in [0.4, 0.5) is 0 Å². The Hall–Kier alpha value is -1.55. The minimum Gasteiger partial charge on any atom is -0.486 e. The number of carbonyl (C=O) groups is 1. The van der Waals surface area contributed by atoms with Gasteiger partial charge in [-0.15, -0.1) is 0 Å². The smallest absolute Gasteiger partial charge is 0.161 e. The van der Waals surface area contributed by atoms with E-state index in [1.54, 1.807) is 14.0 Å². The number of hydrogen-bond donors (Lipinski definition) is 0. The highest BCUT2D eigenvalue weighted by atomic mass is 16.6. The number of hydrogen-bond acceptors (Lipinski definition) is 4. The van der Waals surface area contributed by atoms with Crippen LogP contribution in [0, 0.1) is 0 Å². The third kappa shape index (κ3) is 2.77. The third-order valence-corrected chi connectivity index (χ3v) is 2.60. The first-order valence-corrected chi connectivity index (χ1v) is 5.60. The lowest BCUT2D eigenvalue weighted by Gasteiger charge is -2.20. The van der Waals surface area contributed by atoms with Crippen LogP contribution in [0.2, 0.25) is 0 Å². The second-order valence-electron chi connectivity index (χ2n) is 4.08. The molecule has 1 aromatic carbocycles. The van der Waals surface area contributed by atoms with Crippen molar-refractivity contribution in [1.29, 1.82) is 0 Å². The van der Waals surface area contributed by atoms with E-state index in [1.807, 2.05) is 12.1 Å². The molecule has 0 amide bonds. The standard InChI is InChI=1S/C13H16O4/c1-9(14)5-10-6-12-13(17-4-3-16-12)7-11(10)8-15-2/h6-7H,3-5,8H2,1-2H3. The van der Waals surface area contributed by atoms with Crippen molar-refractivity contribution in [2.45, 2.75) is 20.0 Å². The second kappa shape index (κ2) is 5.19. The van der Waals surface area contributed by atoms with Crippen molar-refractivity contribution in [3.63, 3.8) is 0 Å². The first kappa shape index (κ1) is 11.9. The molecular weight excluding hydrogens is 220 g/mol. The average molecular weight is 236 g/mol. The van der Waals surface area contributed by atoms with Crippen LogP contribution in [0.5, 0.6) is 11.5 Å². The van der Waals surface area contributed by atoms with Crippen molar-refractivity contribution in [1.82, 2.24) is 0 Å². The molecule has 4 nitrogen and oxygen atoms in total. The molecule has 0 unspecified atom stereocenters. The number of fused-ring (bicyclic) bond motifs is 1. The molecule has 0 atom stereocenters. The van der Waals surface area contributed by atoms with Gasteiger partial charge in [-0.1, -0.05) is 0 Å². The number of benzene rings is 1. The van der Waals surface area contributed by atoms with E-state index in [-0.39, 0.29) is 5.78 Å². The fourth-order valence-corrected chi connectivity index (χ4v) is 1.90. The molecule has 0 saturated heterocycles. The Labute approximate surface area is 100 Å². The molecule has 0 aliphatic carbocycles. The maximum absolute atomic E-state index is 11.2. The number of ketones is 1. The lowest BCUT2D eigenvalue weighted by atomic mass is 10.0. The SMILES string of the molecule is COCc1cc2c(cc1CC(C)=O)OCCO2. The van der Waals surface area contributed by atoms with Gasteiger partial charge < -0.3 is 14.2 Å². The van der Waals surface area contributed by atoms with Gasteiger partial charge in [0.05, 0.1) is 6.61 Å². The number of carbonyl (C=O) groups excluding carboxylic acids is 1. The summed E-state index contributed by atoms with van der Waals surface area (Å²) >= 11 is 0. The summed E-state index contributed by atoms with van der Waals surface area (Å²) in [5.41, 5.74) is 1.93. The van der Waals surface area contributed by atoms with Crippen molar-refractivity contribution < 1.29 is 19.0 Å². The number of methoxy groups -OCH3 is 1. The van der Waals surface area contributed by atoms with Gasteiger partial charge in [-0.25, -0.2) is 0 Å². The zero-order chi connectivity index (χ0) is 12.3. The number of ether oxygens (including phenoxy) is 3. The molecule has 0 radical (unpaired) electrons. The van der Waals surface area contributed by atoms with Crippen molar-refractivity contribution >= 4 is 5.78 Å². The van der Waals surface area contributed by atoms with Gasteiger partial charge in [-0.3, -0.25) is 4.79 Å². The van der Waals surface area contributed by atoms with Crippen molar-refractivity contribution in [3.05, 3.63) is 23.3 Å². The van der Waals surface area contributed by atoms with E-state index in [2.05, 4.69) is 0 Å². The highest BCUT2D eigenvalue weighted by molar-refractivity contribution is 5.79. The predicted molar refractivity (Wildman–Crippen MR) is 62.5 cm³/mol. The molecule has 17 heavy (non-hydrogen) atoms. The van der Waals surface area contributed by atoms with Gasteiger partial charge in [-0.2, -0.15) is 0 Å². The van der Waals surface area contributed by atoms with Gasteiger partial charge in [0, 0.05) is 13.5 Å². The zero-order valence-corrected chi connectivity index (χ0v) is 10.1. The van der Waals surface area contributed by atoms with Crippen LogP contribution in [0.15, 0.2) is 12.1 Å². The van der Waals surface area contributed by atoms with Crippen molar-refractivity contribution in [2.24, 2.45) is 0 Å². The first-order chi connectivity index (χ1) is 8.20. The van der Waals surface area contributed by atoms with Gasteiger partial charge in [0.2, 0.25) is 0 Å². The molecule has 0 N–H and O–H groups in total. The van der Waals surface area contributed by atoms with Crippen LogP contribution in [-0.4, -0.2) is 26.1 Å². The van der Waals surface area contributed by atoms with Crippen LogP contribution < -0.4 is 9.47 Å². The summed E-state index contributed by atoms with van der Waals surface area (Å²) in [6, 6.07) is 3.78. The predicted octanol–water partition coefficient (Wildman–Crippen LogP) is 1.74. The molecule has 1 aromatic rings. The Balaban J connectivity index is 2.36. The van der Waals surface area contributed by atoms with Crippen molar-refractivity contribution in [2.75, 3.05) is 20.3 Å². The normalized spacial score (nSPS) is 13.5. The quantitative estimate of drug-likeness (QED) is 0.798. The Morgan fingerprint density at radius 1 is 1.24 bits per heavy atom. The Morgan fingerprint density at radius 2 is 1.82 bits per heavy atom. The summed E-state index contributed by atoms with van der Waals surface area (Å²) in [6.45, 7) is 3.16. The molecule has 1 heterocycles. The van der Waals surface area contributed by atoms with Crippen molar-refractivity contribution in [3.8, 4) is 11.5 Å².